The molecule has 0 bridgehead atoms. The molecule has 0 amide bonds. The average Bonchev–Trinajstić information content (AvgIpc) is 2.32. The van der Waals surface area contributed by atoms with Gasteiger partial charge in [0.1, 0.15) is 11.6 Å². The number of rotatable bonds is 3. The lowest BCUT2D eigenvalue weighted by molar-refractivity contribution is 0.0991. The molecule has 0 heterocycles. The molecule has 0 aliphatic heterocycles. The summed E-state index contributed by atoms with van der Waals surface area (Å²) in [5.74, 6) is -1.29. The van der Waals surface area contributed by atoms with E-state index in [1.807, 2.05) is 0 Å². The van der Waals surface area contributed by atoms with Gasteiger partial charge in [0.15, 0.2) is 5.78 Å². The minimum atomic E-state index is -0.507. The molecule has 5 heteroatoms. The summed E-state index contributed by atoms with van der Waals surface area (Å²) in [5, 5.41) is 0. The second-order valence-electron chi connectivity index (χ2n) is 3.99. The molecule has 19 heavy (non-hydrogen) atoms. The molecule has 2 rings (SSSR count). The lowest BCUT2D eigenvalue weighted by Crippen LogP contribution is -2.06. The Morgan fingerprint density at radius 1 is 1.00 bits per heavy atom. The minimum Gasteiger partial charge on any atom is -0.294 e. The molecule has 1 nitrogen and oxygen atoms in total. The summed E-state index contributed by atoms with van der Waals surface area (Å²) in [6.07, 6.45) is -0.110. The van der Waals surface area contributed by atoms with Gasteiger partial charge in [-0.3, -0.25) is 4.79 Å². The highest BCUT2D eigenvalue weighted by Gasteiger charge is 2.12. The maximum Gasteiger partial charge on any atom is 0.167 e. The molecular formula is C14H8Br2F2O. The van der Waals surface area contributed by atoms with Gasteiger partial charge in [-0.2, -0.15) is 0 Å². The van der Waals surface area contributed by atoms with E-state index in [0.717, 1.165) is 6.07 Å². The van der Waals surface area contributed by atoms with Crippen LogP contribution < -0.4 is 0 Å². The lowest BCUT2D eigenvalue weighted by atomic mass is 10.0. The molecule has 0 saturated heterocycles. The predicted octanol–water partition coefficient (Wildman–Crippen LogP) is 4.92. The Kier molecular flexibility index (Phi) is 4.47. The smallest absolute Gasteiger partial charge is 0.167 e. The monoisotopic (exact) mass is 388 g/mol. The predicted molar refractivity (Wildman–Crippen MR) is 76.2 cm³/mol. The van der Waals surface area contributed by atoms with E-state index >= 15 is 0 Å². The molecular weight excluding hydrogens is 382 g/mol. The van der Waals surface area contributed by atoms with E-state index in [1.165, 1.54) is 18.2 Å². The van der Waals surface area contributed by atoms with Gasteiger partial charge >= 0.3 is 0 Å². The summed E-state index contributed by atoms with van der Waals surface area (Å²) in [7, 11) is 0. The van der Waals surface area contributed by atoms with Crippen molar-refractivity contribution in [2.75, 3.05) is 0 Å². The van der Waals surface area contributed by atoms with Gasteiger partial charge in [-0.25, -0.2) is 8.78 Å². The molecule has 2 aromatic rings. The van der Waals surface area contributed by atoms with Gasteiger partial charge < -0.3 is 0 Å². The number of carbonyl (C=O) groups excluding carboxylic acids is 1. The number of ketones is 1. The second-order valence-corrected chi connectivity index (χ2v) is 5.83. The first kappa shape index (κ1) is 14.3. The van der Waals surface area contributed by atoms with Crippen LogP contribution in [-0.4, -0.2) is 5.78 Å². The van der Waals surface area contributed by atoms with Crippen molar-refractivity contribution < 1.29 is 13.6 Å². The van der Waals surface area contributed by atoms with Crippen molar-refractivity contribution in [2.24, 2.45) is 0 Å². The van der Waals surface area contributed by atoms with Gasteiger partial charge in [-0.15, -0.1) is 0 Å². The first-order valence-electron chi connectivity index (χ1n) is 5.39. The van der Waals surface area contributed by atoms with Crippen molar-refractivity contribution in [2.45, 2.75) is 6.42 Å². The van der Waals surface area contributed by atoms with Crippen LogP contribution in [0.3, 0.4) is 0 Å². The number of halogens is 4. The molecule has 0 aliphatic carbocycles. The summed E-state index contributed by atoms with van der Waals surface area (Å²) in [5.41, 5.74) is 0.492. The van der Waals surface area contributed by atoms with E-state index in [1.54, 1.807) is 12.1 Å². The molecule has 2 aromatic carbocycles. The van der Waals surface area contributed by atoms with Gasteiger partial charge in [0.05, 0.1) is 0 Å². The van der Waals surface area contributed by atoms with Gasteiger partial charge in [0.2, 0.25) is 0 Å². The van der Waals surface area contributed by atoms with Crippen LogP contribution in [0, 0.1) is 11.6 Å². The quantitative estimate of drug-likeness (QED) is 0.681. The Bertz CT molecular complexity index is 621. The van der Waals surface area contributed by atoms with Crippen LogP contribution >= 0.6 is 31.9 Å². The van der Waals surface area contributed by atoms with E-state index in [4.69, 9.17) is 0 Å². The normalized spacial score (nSPS) is 10.5. The Hall–Kier alpha value is -1.07. The van der Waals surface area contributed by atoms with Crippen LogP contribution in [-0.2, 0) is 6.42 Å². The van der Waals surface area contributed by atoms with Crippen molar-refractivity contribution in [3.8, 4) is 0 Å². The summed E-state index contributed by atoms with van der Waals surface area (Å²) < 4.78 is 27.9. The molecule has 0 spiro atoms. The molecule has 0 fully saturated rings. The highest BCUT2D eigenvalue weighted by molar-refractivity contribution is 9.10. The number of benzene rings is 2. The zero-order valence-corrected chi connectivity index (χ0v) is 12.8. The fourth-order valence-electron chi connectivity index (χ4n) is 1.67. The van der Waals surface area contributed by atoms with Crippen molar-refractivity contribution in [3.63, 3.8) is 0 Å². The summed E-state index contributed by atoms with van der Waals surface area (Å²) in [4.78, 5) is 12.0. The maximum atomic E-state index is 13.5. The van der Waals surface area contributed by atoms with Crippen LogP contribution in [0.25, 0.3) is 0 Å². The Morgan fingerprint density at radius 3 is 2.42 bits per heavy atom. The van der Waals surface area contributed by atoms with Crippen LogP contribution in [0.5, 0.6) is 0 Å². The Morgan fingerprint density at radius 2 is 1.74 bits per heavy atom. The maximum absolute atomic E-state index is 13.5. The topological polar surface area (TPSA) is 17.1 Å². The highest BCUT2D eigenvalue weighted by atomic mass is 79.9. The minimum absolute atomic E-state index is 0.110. The van der Waals surface area contributed by atoms with E-state index in [2.05, 4.69) is 31.9 Å². The van der Waals surface area contributed by atoms with Gasteiger partial charge in [0.25, 0.3) is 0 Å². The van der Waals surface area contributed by atoms with E-state index < -0.39 is 11.6 Å². The molecule has 0 saturated carbocycles. The standard InChI is InChI=1S/C14H8Br2F2O/c15-10-1-2-13(18)8(3-10)6-14(19)9-4-11(16)7-12(17)5-9/h1-5,7H,6H2. The Balaban J connectivity index is 2.28. The van der Waals surface area contributed by atoms with Crippen molar-refractivity contribution in [1.82, 2.24) is 0 Å². The van der Waals surface area contributed by atoms with Crippen LogP contribution in [0.2, 0.25) is 0 Å². The first-order chi connectivity index (χ1) is 8.95. The van der Waals surface area contributed by atoms with E-state index in [0.29, 0.717) is 8.95 Å². The number of Topliss-reactive ketones (excluding diaryl/α,β-unsaturated/α-hetero) is 1. The summed E-state index contributed by atoms with van der Waals surface area (Å²) in [6, 6.07) is 8.30. The third-order valence-electron chi connectivity index (χ3n) is 2.54. The summed E-state index contributed by atoms with van der Waals surface area (Å²) in [6.45, 7) is 0. The second kappa shape index (κ2) is 5.92. The van der Waals surface area contributed by atoms with Crippen LogP contribution in [0.4, 0.5) is 8.78 Å². The number of hydrogen-bond acceptors (Lipinski definition) is 1. The molecule has 0 aliphatic rings. The van der Waals surface area contributed by atoms with Gasteiger partial charge in [0, 0.05) is 20.9 Å². The van der Waals surface area contributed by atoms with Crippen molar-refractivity contribution >= 4 is 37.6 Å². The van der Waals surface area contributed by atoms with Gasteiger partial charge in [-0.1, -0.05) is 31.9 Å². The molecule has 0 unspecified atom stereocenters. The number of carbonyl (C=O) groups is 1. The largest absolute Gasteiger partial charge is 0.294 e. The molecule has 0 N–H and O–H groups in total. The lowest BCUT2D eigenvalue weighted by Gasteiger charge is -2.05. The van der Waals surface area contributed by atoms with Gasteiger partial charge in [-0.05, 0) is 42.0 Å². The molecule has 0 radical (unpaired) electrons. The first-order valence-corrected chi connectivity index (χ1v) is 6.97. The Labute approximate surface area is 125 Å². The fourth-order valence-corrected chi connectivity index (χ4v) is 2.54. The van der Waals surface area contributed by atoms with E-state index in [9.17, 15) is 13.6 Å². The van der Waals surface area contributed by atoms with Crippen LogP contribution in [0.1, 0.15) is 15.9 Å². The summed E-state index contributed by atoms with van der Waals surface area (Å²) >= 11 is 6.34. The molecule has 0 aromatic heterocycles. The third-order valence-corrected chi connectivity index (χ3v) is 3.49. The number of hydrogen-bond donors (Lipinski definition) is 0. The van der Waals surface area contributed by atoms with Crippen molar-refractivity contribution in [3.05, 3.63) is 68.1 Å². The molecule has 98 valence electrons. The zero-order valence-electron chi connectivity index (χ0n) is 9.59. The zero-order chi connectivity index (χ0) is 14.0. The van der Waals surface area contributed by atoms with E-state index in [-0.39, 0.29) is 23.3 Å². The third kappa shape index (κ3) is 3.70. The van der Waals surface area contributed by atoms with Crippen LogP contribution in [0.15, 0.2) is 45.3 Å². The SMILES string of the molecule is O=C(Cc1cc(Br)ccc1F)c1cc(F)cc(Br)c1. The average molecular weight is 390 g/mol. The highest BCUT2D eigenvalue weighted by Crippen LogP contribution is 2.20. The van der Waals surface area contributed by atoms with Crippen molar-refractivity contribution in [1.29, 1.82) is 0 Å². The molecule has 0 atom stereocenters. The fraction of sp³-hybridized carbons (Fsp3) is 0.0714.